The molecule has 0 saturated heterocycles. The van der Waals surface area contributed by atoms with Crippen molar-refractivity contribution in [3.63, 3.8) is 0 Å². The highest BCUT2D eigenvalue weighted by atomic mass is 16.1. The molecule has 0 amide bonds. The van der Waals surface area contributed by atoms with Gasteiger partial charge in [0.15, 0.2) is 0 Å². The summed E-state index contributed by atoms with van der Waals surface area (Å²) in [7, 11) is 0. The smallest absolute Gasteiger partial charge is 0.142 e. The van der Waals surface area contributed by atoms with Gasteiger partial charge in [0, 0.05) is 19.0 Å². The number of aryl methyl sites for hydroxylation is 1. The van der Waals surface area contributed by atoms with Gasteiger partial charge >= 0.3 is 0 Å². The number of carbonyl (C=O) groups excluding carboxylic acids is 1. The number of hydrogen-bond donors (Lipinski definition) is 1. The summed E-state index contributed by atoms with van der Waals surface area (Å²) < 4.78 is 1.80. The maximum absolute atomic E-state index is 12.0. The maximum Gasteiger partial charge on any atom is 0.142 e. The third kappa shape index (κ3) is 5.96. The molecular weight excluding hydrogens is 240 g/mol. The molecule has 0 radical (unpaired) electrons. The van der Waals surface area contributed by atoms with Crippen LogP contribution in [0.1, 0.15) is 52.8 Å². The Bertz CT molecular complexity index is 406. The number of nitrogens with zero attached hydrogens (tertiary/aromatic N) is 3. The van der Waals surface area contributed by atoms with Gasteiger partial charge in [-0.3, -0.25) is 4.79 Å². The van der Waals surface area contributed by atoms with Crippen molar-refractivity contribution < 1.29 is 4.79 Å². The molecule has 1 rings (SSSR count). The molecule has 5 nitrogen and oxygen atoms in total. The molecule has 0 spiro atoms. The molecule has 2 N–H and O–H groups in total. The Labute approximate surface area is 115 Å². The van der Waals surface area contributed by atoms with Crippen molar-refractivity contribution in [2.75, 3.05) is 0 Å². The van der Waals surface area contributed by atoms with Crippen molar-refractivity contribution in [3.8, 4) is 0 Å². The summed E-state index contributed by atoms with van der Waals surface area (Å²) in [5.41, 5.74) is 6.18. The molecule has 0 bridgehead atoms. The van der Waals surface area contributed by atoms with E-state index in [1.54, 1.807) is 4.68 Å². The first-order valence-electron chi connectivity index (χ1n) is 6.96. The minimum Gasteiger partial charge on any atom is -0.327 e. The van der Waals surface area contributed by atoms with Crippen LogP contribution in [0.3, 0.4) is 0 Å². The minimum absolute atomic E-state index is 0.0740. The lowest BCUT2D eigenvalue weighted by Crippen LogP contribution is -2.29. The van der Waals surface area contributed by atoms with Crippen LogP contribution in [-0.4, -0.2) is 26.6 Å². The van der Waals surface area contributed by atoms with Crippen molar-refractivity contribution in [2.45, 2.75) is 66.0 Å². The largest absolute Gasteiger partial charge is 0.327 e. The zero-order valence-electron chi connectivity index (χ0n) is 12.5. The summed E-state index contributed by atoms with van der Waals surface area (Å²) in [4.78, 5) is 16.1. The van der Waals surface area contributed by atoms with Gasteiger partial charge < -0.3 is 5.73 Å². The van der Waals surface area contributed by atoms with Crippen LogP contribution < -0.4 is 5.73 Å². The Balaban J connectivity index is 2.48. The van der Waals surface area contributed by atoms with Crippen molar-refractivity contribution in [3.05, 3.63) is 12.2 Å². The summed E-state index contributed by atoms with van der Waals surface area (Å²) in [6, 6.07) is -0.0740. The second kappa shape index (κ2) is 6.80. The first-order valence-corrected chi connectivity index (χ1v) is 6.96. The lowest BCUT2D eigenvalue weighted by molar-refractivity contribution is -0.119. The van der Waals surface area contributed by atoms with Crippen molar-refractivity contribution >= 4 is 5.78 Å². The van der Waals surface area contributed by atoms with E-state index in [0.29, 0.717) is 12.8 Å². The molecule has 0 aliphatic rings. The van der Waals surface area contributed by atoms with Crippen LogP contribution >= 0.6 is 0 Å². The van der Waals surface area contributed by atoms with Gasteiger partial charge in [0.05, 0.1) is 6.42 Å². The fraction of sp³-hybridized carbons (Fsp3) is 0.786. The van der Waals surface area contributed by atoms with Gasteiger partial charge in [-0.2, -0.15) is 5.10 Å². The zero-order chi connectivity index (χ0) is 14.5. The summed E-state index contributed by atoms with van der Waals surface area (Å²) in [6.07, 6.45) is 4.08. The Kier molecular flexibility index (Phi) is 5.66. The van der Waals surface area contributed by atoms with Gasteiger partial charge in [-0.25, -0.2) is 9.67 Å². The highest BCUT2D eigenvalue weighted by Gasteiger charge is 2.19. The average molecular weight is 266 g/mol. The van der Waals surface area contributed by atoms with Crippen LogP contribution in [0.4, 0.5) is 0 Å². The van der Waals surface area contributed by atoms with Crippen LogP contribution in [0, 0.1) is 5.41 Å². The summed E-state index contributed by atoms with van der Waals surface area (Å²) in [6.45, 7) is 9.28. The lowest BCUT2D eigenvalue weighted by Gasteiger charge is -2.22. The van der Waals surface area contributed by atoms with E-state index in [1.165, 1.54) is 6.33 Å². The Morgan fingerprint density at radius 2 is 2.16 bits per heavy atom. The van der Waals surface area contributed by atoms with Gasteiger partial charge in [-0.1, -0.05) is 27.7 Å². The first kappa shape index (κ1) is 15.8. The van der Waals surface area contributed by atoms with E-state index in [1.807, 2.05) is 0 Å². The molecule has 0 aliphatic heterocycles. The average Bonchev–Trinajstić information content (AvgIpc) is 2.62. The minimum atomic E-state index is -0.0740. The zero-order valence-corrected chi connectivity index (χ0v) is 12.5. The Morgan fingerprint density at radius 3 is 2.74 bits per heavy atom. The van der Waals surface area contributed by atoms with Gasteiger partial charge in [0.25, 0.3) is 0 Å². The fourth-order valence-corrected chi connectivity index (χ4v) is 2.22. The molecule has 1 atom stereocenters. The van der Waals surface area contributed by atoms with Crippen LogP contribution in [0.2, 0.25) is 0 Å². The fourth-order valence-electron chi connectivity index (χ4n) is 2.22. The molecule has 0 aliphatic carbocycles. The number of rotatable bonds is 7. The molecule has 0 fully saturated rings. The van der Waals surface area contributed by atoms with Gasteiger partial charge in [-0.05, 0) is 18.3 Å². The molecule has 108 valence electrons. The second-order valence-corrected chi connectivity index (χ2v) is 6.34. The molecule has 5 heteroatoms. The van der Waals surface area contributed by atoms with E-state index in [0.717, 1.165) is 25.2 Å². The van der Waals surface area contributed by atoms with Crippen LogP contribution in [0.15, 0.2) is 6.33 Å². The number of aromatic nitrogens is 3. The highest BCUT2D eigenvalue weighted by molar-refractivity contribution is 5.80. The quantitative estimate of drug-likeness (QED) is 0.818. The molecule has 1 aromatic rings. The maximum atomic E-state index is 12.0. The molecular formula is C14H26N4O. The predicted molar refractivity (Wildman–Crippen MR) is 75.7 cm³/mol. The third-order valence-electron chi connectivity index (χ3n) is 2.85. The molecule has 0 saturated carbocycles. The SMILES string of the molecule is CCCn1ncnc1CC(=O)CC(N)CC(C)(C)C. The second-order valence-electron chi connectivity index (χ2n) is 6.34. The number of nitrogens with two attached hydrogens (primary N) is 1. The van der Waals surface area contributed by atoms with Gasteiger partial charge in [0.1, 0.15) is 17.9 Å². The number of hydrogen-bond acceptors (Lipinski definition) is 4. The van der Waals surface area contributed by atoms with E-state index >= 15 is 0 Å². The van der Waals surface area contributed by atoms with Gasteiger partial charge in [-0.15, -0.1) is 0 Å². The lowest BCUT2D eigenvalue weighted by atomic mass is 9.86. The molecule has 1 heterocycles. The third-order valence-corrected chi connectivity index (χ3v) is 2.85. The number of Topliss-reactive ketones (excluding diaryl/α,β-unsaturated/α-hetero) is 1. The van der Waals surface area contributed by atoms with E-state index in [-0.39, 0.29) is 17.2 Å². The number of carbonyl (C=O) groups is 1. The number of ketones is 1. The normalized spacial score (nSPS) is 13.5. The molecule has 0 aromatic carbocycles. The predicted octanol–water partition coefficient (Wildman–Crippen LogP) is 1.95. The molecule has 1 aromatic heterocycles. The Morgan fingerprint density at radius 1 is 1.47 bits per heavy atom. The summed E-state index contributed by atoms with van der Waals surface area (Å²) >= 11 is 0. The Hall–Kier alpha value is -1.23. The van der Waals surface area contributed by atoms with E-state index in [2.05, 4.69) is 37.8 Å². The van der Waals surface area contributed by atoms with Crippen molar-refractivity contribution in [2.24, 2.45) is 11.1 Å². The standard InChI is InChI=1S/C14H26N4O/c1-5-6-18-13(16-10-17-18)8-12(19)7-11(15)9-14(2,3)4/h10-11H,5-9,15H2,1-4H3. The van der Waals surface area contributed by atoms with Crippen molar-refractivity contribution in [1.29, 1.82) is 0 Å². The molecule has 19 heavy (non-hydrogen) atoms. The topological polar surface area (TPSA) is 73.8 Å². The van der Waals surface area contributed by atoms with E-state index < -0.39 is 0 Å². The van der Waals surface area contributed by atoms with Crippen LogP contribution in [0.25, 0.3) is 0 Å². The summed E-state index contributed by atoms with van der Waals surface area (Å²) in [5, 5.41) is 4.12. The van der Waals surface area contributed by atoms with E-state index in [9.17, 15) is 4.79 Å². The van der Waals surface area contributed by atoms with Crippen LogP contribution in [-0.2, 0) is 17.8 Å². The summed E-state index contributed by atoms with van der Waals surface area (Å²) in [5.74, 6) is 0.886. The van der Waals surface area contributed by atoms with E-state index in [4.69, 9.17) is 5.73 Å². The van der Waals surface area contributed by atoms with Crippen molar-refractivity contribution in [1.82, 2.24) is 14.8 Å². The van der Waals surface area contributed by atoms with Crippen LogP contribution in [0.5, 0.6) is 0 Å². The highest BCUT2D eigenvalue weighted by Crippen LogP contribution is 2.21. The monoisotopic (exact) mass is 266 g/mol. The molecule has 1 unspecified atom stereocenters. The first-order chi connectivity index (χ1) is 8.81. The van der Waals surface area contributed by atoms with Gasteiger partial charge in [0.2, 0.25) is 0 Å².